The fraction of sp³-hybridized carbons (Fsp3) is 0.750. The first kappa shape index (κ1) is 8.98. The first-order valence-corrected chi connectivity index (χ1v) is 5.56. The highest BCUT2D eigenvalue weighted by Crippen LogP contribution is 2.41. The van der Waals surface area contributed by atoms with E-state index in [0.717, 1.165) is 11.8 Å². The van der Waals surface area contributed by atoms with Crippen LogP contribution in [0.2, 0.25) is 0 Å². The summed E-state index contributed by atoms with van der Waals surface area (Å²) in [6.45, 7) is 4.64. The van der Waals surface area contributed by atoms with Gasteiger partial charge in [0.05, 0.1) is 6.04 Å². The van der Waals surface area contributed by atoms with Gasteiger partial charge in [0.2, 0.25) is 0 Å². The van der Waals surface area contributed by atoms with Crippen molar-refractivity contribution in [1.29, 1.82) is 0 Å². The maximum atomic E-state index is 4.49. The Balaban J connectivity index is 2.04. The first-order chi connectivity index (χ1) is 6.33. The molecule has 1 heterocycles. The Labute approximate surface area is 80.9 Å². The Hall–Kier alpha value is -0.590. The van der Waals surface area contributed by atoms with E-state index in [1.807, 2.05) is 6.21 Å². The molecule has 2 rings (SSSR count). The summed E-state index contributed by atoms with van der Waals surface area (Å²) in [5.74, 6) is 1.59. The summed E-state index contributed by atoms with van der Waals surface area (Å²) in [6.07, 6.45) is 9.62. The molecule has 1 saturated carbocycles. The minimum Gasteiger partial charge on any atom is -0.289 e. The molecule has 1 aliphatic heterocycles. The molecule has 0 amide bonds. The Morgan fingerprint density at radius 1 is 1.54 bits per heavy atom. The Bertz CT molecular complexity index is 240. The van der Waals surface area contributed by atoms with Crippen LogP contribution in [-0.4, -0.2) is 12.3 Å². The van der Waals surface area contributed by atoms with Crippen LogP contribution in [0.15, 0.2) is 16.6 Å². The average Bonchev–Trinajstić information content (AvgIpc) is 2.07. The van der Waals surface area contributed by atoms with E-state index in [1.54, 1.807) is 5.57 Å². The van der Waals surface area contributed by atoms with Crippen molar-refractivity contribution < 1.29 is 0 Å². The third kappa shape index (κ3) is 1.56. The standard InChI is InChI=1S/C12H19N/c1-3-4-9(2)10-7-8-13-12-6-5-11(10)12/h7-9,11-12H,3-6H2,1-2H3. The topological polar surface area (TPSA) is 12.4 Å². The highest BCUT2D eigenvalue weighted by Gasteiger charge is 2.35. The van der Waals surface area contributed by atoms with Crippen LogP contribution >= 0.6 is 0 Å². The molecule has 3 unspecified atom stereocenters. The number of allylic oxidation sites excluding steroid dienone is 1. The molecule has 1 heteroatoms. The van der Waals surface area contributed by atoms with Gasteiger partial charge in [-0.15, -0.1) is 0 Å². The van der Waals surface area contributed by atoms with Crippen molar-refractivity contribution in [1.82, 2.24) is 0 Å². The van der Waals surface area contributed by atoms with Gasteiger partial charge in [-0.3, -0.25) is 4.99 Å². The number of dihydropyridines is 1. The molecule has 0 saturated heterocycles. The highest BCUT2D eigenvalue weighted by molar-refractivity contribution is 5.74. The molecular weight excluding hydrogens is 158 g/mol. The third-order valence-electron chi connectivity index (χ3n) is 3.50. The van der Waals surface area contributed by atoms with Gasteiger partial charge in [0.25, 0.3) is 0 Å². The molecule has 1 nitrogen and oxygen atoms in total. The Kier molecular flexibility index (Phi) is 2.52. The van der Waals surface area contributed by atoms with Gasteiger partial charge in [0, 0.05) is 12.1 Å². The summed E-state index contributed by atoms with van der Waals surface area (Å²) in [7, 11) is 0. The van der Waals surface area contributed by atoms with Crippen LogP contribution in [0.1, 0.15) is 39.5 Å². The maximum absolute atomic E-state index is 4.49. The lowest BCUT2D eigenvalue weighted by Crippen LogP contribution is -2.35. The smallest absolute Gasteiger partial charge is 0.0565 e. The van der Waals surface area contributed by atoms with Gasteiger partial charge in [-0.1, -0.05) is 25.8 Å². The molecule has 0 aromatic carbocycles. The van der Waals surface area contributed by atoms with E-state index in [9.17, 15) is 0 Å². The van der Waals surface area contributed by atoms with Crippen LogP contribution in [0.5, 0.6) is 0 Å². The molecule has 0 radical (unpaired) electrons. The summed E-state index contributed by atoms with van der Waals surface area (Å²) < 4.78 is 0. The van der Waals surface area contributed by atoms with Crippen LogP contribution in [0, 0.1) is 11.8 Å². The third-order valence-corrected chi connectivity index (χ3v) is 3.50. The molecule has 72 valence electrons. The van der Waals surface area contributed by atoms with E-state index < -0.39 is 0 Å². The molecule has 1 fully saturated rings. The number of nitrogens with zero attached hydrogens (tertiary/aromatic N) is 1. The highest BCUT2D eigenvalue weighted by atomic mass is 14.8. The van der Waals surface area contributed by atoms with E-state index >= 15 is 0 Å². The van der Waals surface area contributed by atoms with Gasteiger partial charge in [-0.25, -0.2) is 0 Å². The molecule has 0 aromatic heterocycles. The van der Waals surface area contributed by atoms with Crippen LogP contribution in [0.3, 0.4) is 0 Å². The second-order valence-electron chi connectivity index (χ2n) is 4.41. The molecule has 3 atom stereocenters. The van der Waals surface area contributed by atoms with Gasteiger partial charge in [-0.05, 0) is 31.3 Å². The summed E-state index contributed by atoms with van der Waals surface area (Å²) >= 11 is 0. The van der Waals surface area contributed by atoms with Crippen LogP contribution < -0.4 is 0 Å². The number of hydrogen-bond donors (Lipinski definition) is 0. The molecule has 0 aromatic rings. The monoisotopic (exact) mass is 177 g/mol. The molecule has 0 spiro atoms. The lowest BCUT2D eigenvalue weighted by atomic mass is 9.69. The lowest BCUT2D eigenvalue weighted by molar-refractivity contribution is 0.277. The van der Waals surface area contributed by atoms with E-state index in [2.05, 4.69) is 24.9 Å². The van der Waals surface area contributed by atoms with Gasteiger partial charge in [0.15, 0.2) is 0 Å². The zero-order chi connectivity index (χ0) is 9.26. The second-order valence-corrected chi connectivity index (χ2v) is 4.41. The predicted molar refractivity (Wildman–Crippen MR) is 57.2 cm³/mol. The van der Waals surface area contributed by atoms with Crippen molar-refractivity contribution in [3.63, 3.8) is 0 Å². The largest absolute Gasteiger partial charge is 0.289 e. The Morgan fingerprint density at radius 3 is 3.00 bits per heavy atom. The number of fused-ring (bicyclic) bond motifs is 1. The number of hydrogen-bond acceptors (Lipinski definition) is 1. The molecule has 0 bridgehead atoms. The van der Waals surface area contributed by atoms with Gasteiger partial charge in [0.1, 0.15) is 0 Å². The van der Waals surface area contributed by atoms with Crippen LogP contribution in [-0.2, 0) is 0 Å². The molecule has 2 aliphatic rings. The van der Waals surface area contributed by atoms with Gasteiger partial charge in [-0.2, -0.15) is 0 Å². The molecule has 13 heavy (non-hydrogen) atoms. The summed E-state index contributed by atoms with van der Waals surface area (Å²) in [6, 6.07) is 0.652. The van der Waals surface area contributed by atoms with Crippen molar-refractivity contribution in [2.24, 2.45) is 16.8 Å². The summed E-state index contributed by atoms with van der Waals surface area (Å²) in [4.78, 5) is 4.49. The normalized spacial score (nSPS) is 33.2. The van der Waals surface area contributed by atoms with E-state index in [-0.39, 0.29) is 0 Å². The van der Waals surface area contributed by atoms with Gasteiger partial charge >= 0.3 is 0 Å². The first-order valence-electron chi connectivity index (χ1n) is 5.56. The number of rotatable bonds is 3. The van der Waals surface area contributed by atoms with Crippen LogP contribution in [0.25, 0.3) is 0 Å². The minimum atomic E-state index is 0.652. The van der Waals surface area contributed by atoms with Gasteiger partial charge < -0.3 is 0 Å². The average molecular weight is 177 g/mol. The van der Waals surface area contributed by atoms with E-state index in [4.69, 9.17) is 0 Å². The number of aliphatic imine (C=N–C) groups is 1. The van der Waals surface area contributed by atoms with Crippen molar-refractivity contribution in [3.8, 4) is 0 Å². The lowest BCUT2D eigenvalue weighted by Gasteiger charge is -2.39. The fourth-order valence-electron chi connectivity index (χ4n) is 2.54. The quantitative estimate of drug-likeness (QED) is 0.627. The van der Waals surface area contributed by atoms with Crippen molar-refractivity contribution in [2.75, 3.05) is 0 Å². The maximum Gasteiger partial charge on any atom is 0.0565 e. The van der Waals surface area contributed by atoms with Crippen molar-refractivity contribution in [3.05, 3.63) is 11.6 Å². The van der Waals surface area contributed by atoms with E-state index in [0.29, 0.717) is 6.04 Å². The SMILES string of the molecule is CCCC(C)C1=CC=NC2CCC12. The molecule has 0 N–H and O–H groups in total. The van der Waals surface area contributed by atoms with Crippen molar-refractivity contribution in [2.45, 2.75) is 45.6 Å². The predicted octanol–water partition coefficient (Wildman–Crippen LogP) is 3.21. The summed E-state index contributed by atoms with van der Waals surface area (Å²) in [5, 5.41) is 0. The molecular formula is C12H19N. The second kappa shape index (κ2) is 3.65. The van der Waals surface area contributed by atoms with E-state index in [1.165, 1.54) is 25.7 Å². The summed E-state index contributed by atoms with van der Waals surface area (Å²) in [5.41, 5.74) is 1.67. The molecule has 1 aliphatic carbocycles. The minimum absolute atomic E-state index is 0.652. The van der Waals surface area contributed by atoms with Crippen LogP contribution in [0.4, 0.5) is 0 Å². The fourth-order valence-corrected chi connectivity index (χ4v) is 2.54. The zero-order valence-corrected chi connectivity index (χ0v) is 8.66. The zero-order valence-electron chi connectivity index (χ0n) is 8.66. The van der Waals surface area contributed by atoms with Crippen molar-refractivity contribution >= 4 is 6.21 Å². The Morgan fingerprint density at radius 2 is 2.38 bits per heavy atom.